The molecule has 1 fully saturated rings. The van der Waals surface area contributed by atoms with Gasteiger partial charge in [0.15, 0.2) is 5.78 Å². The minimum absolute atomic E-state index is 0.0809. The van der Waals surface area contributed by atoms with Crippen LogP contribution in [0.1, 0.15) is 42.5 Å². The van der Waals surface area contributed by atoms with Crippen molar-refractivity contribution in [1.82, 2.24) is 0 Å². The van der Waals surface area contributed by atoms with E-state index in [0.29, 0.717) is 11.3 Å². The van der Waals surface area contributed by atoms with Gasteiger partial charge < -0.3 is 10.1 Å². The van der Waals surface area contributed by atoms with Crippen LogP contribution < -0.4 is 10.1 Å². The normalized spacial score (nSPS) is 14.6. The molecule has 1 N–H and O–H groups in total. The van der Waals surface area contributed by atoms with Crippen molar-refractivity contribution in [1.29, 1.82) is 0 Å². The third-order valence-corrected chi connectivity index (χ3v) is 5.89. The predicted octanol–water partition coefficient (Wildman–Crippen LogP) is 5.19. The minimum atomic E-state index is 0.0809. The summed E-state index contributed by atoms with van der Waals surface area (Å²) in [6.45, 7) is 0. The lowest BCUT2D eigenvalue weighted by atomic mass is 9.88. The van der Waals surface area contributed by atoms with E-state index in [2.05, 4.69) is 5.32 Å². The lowest BCUT2D eigenvalue weighted by molar-refractivity contribution is -0.120. The van der Waals surface area contributed by atoms with Crippen LogP contribution >= 0.6 is 11.8 Å². The van der Waals surface area contributed by atoms with Crippen LogP contribution in [-0.4, -0.2) is 24.6 Å². The summed E-state index contributed by atoms with van der Waals surface area (Å²) < 4.78 is 5.11. The fourth-order valence-electron chi connectivity index (χ4n) is 3.25. The van der Waals surface area contributed by atoms with Gasteiger partial charge in [0.25, 0.3) is 0 Å². The standard InChI is InChI=1S/C22H25NO3S/c1-26-19-11-7-16(8-12-19)21(24)15-27-20-13-9-18(10-14-20)23-22(25)17-5-3-2-4-6-17/h7-14,17H,2-6,15H2,1H3,(H,23,25). The number of benzene rings is 2. The second-order valence-electron chi connectivity index (χ2n) is 6.79. The molecule has 0 bridgehead atoms. The lowest BCUT2D eigenvalue weighted by Crippen LogP contribution is -2.24. The van der Waals surface area contributed by atoms with Crippen molar-refractivity contribution in [3.63, 3.8) is 0 Å². The zero-order chi connectivity index (χ0) is 19.1. The Bertz CT molecular complexity index is 765. The number of nitrogens with one attached hydrogen (secondary N) is 1. The van der Waals surface area contributed by atoms with Crippen molar-refractivity contribution in [3.8, 4) is 5.75 Å². The van der Waals surface area contributed by atoms with Gasteiger partial charge in [0.05, 0.1) is 12.9 Å². The molecule has 0 aromatic heterocycles. The maximum atomic E-state index is 12.3. The molecule has 0 atom stereocenters. The van der Waals surface area contributed by atoms with E-state index >= 15 is 0 Å². The van der Waals surface area contributed by atoms with E-state index in [9.17, 15) is 9.59 Å². The van der Waals surface area contributed by atoms with Crippen molar-refractivity contribution in [2.24, 2.45) is 5.92 Å². The number of methoxy groups -OCH3 is 1. The number of amides is 1. The van der Waals surface area contributed by atoms with E-state index in [1.165, 1.54) is 18.2 Å². The number of carbonyl (C=O) groups is 2. The minimum Gasteiger partial charge on any atom is -0.497 e. The first-order valence-corrected chi connectivity index (χ1v) is 10.4. The average molecular weight is 384 g/mol. The van der Waals surface area contributed by atoms with E-state index in [1.807, 2.05) is 24.3 Å². The Kier molecular flexibility index (Phi) is 6.93. The number of rotatable bonds is 7. The Labute approximate surface area is 164 Å². The van der Waals surface area contributed by atoms with Crippen molar-refractivity contribution in [2.45, 2.75) is 37.0 Å². The highest BCUT2D eigenvalue weighted by molar-refractivity contribution is 8.00. The van der Waals surface area contributed by atoms with Crippen LogP contribution in [0.4, 0.5) is 5.69 Å². The molecule has 4 nitrogen and oxygen atoms in total. The molecule has 0 radical (unpaired) electrons. The highest BCUT2D eigenvalue weighted by atomic mass is 32.2. The third kappa shape index (κ3) is 5.60. The molecule has 2 aromatic rings. The first-order valence-electron chi connectivity index (χ1n) is 9.36. The average Bonchev–Trinajstić information content (AvgIpc) is 2.73. The van der Waals surface area contributed by atoms with Gasteiger partial charge in [0.2, 0.25) is 5.91 Å². The van der Waals surface area contributed by atoms with E-state index in [0.717, 1.165) is 42.0 Å². The molecule has 1 aliphatic carbocycles. The summed E-state index contributed by atoms with van der Waals surface area (Å²) in [5.41, 5.74) is 1.50. The molecular weight excluding hydrogens is 358 g/mol. The zero-order valence-electron chi connectivity index (χ0n) is 15.6. The van der Waals surface area contributed by atoms with E-state index in [1.54, 1.807) is 31.4 Å². The molecule has 2 aromatic carbocycles. The van der Waals surface area contributed by atoms with Crippen LogP contribution in [0.2, 0.25) is 0 Å². The van der Waals surface area contributed by atoms with Crippen molar-refractivity contribution in [2.75, 3.05) is 18.2 Å². The van der Waals surface area contributed by atoms with Gasteiger partial charge in [-0.1, -0.05) is 19.3 Å². The summed E-state index contributed by atoms with van der Waals surface area (Å²) in [5, 5.41) is 3.01. The topological polar surface area (TPSA) is 55.4 Å². The predicted molar refractivity (Wildman–Crippen MR) is 110 cm³/mol. The Hall–Kier alpha value is -2.27. The molecule has 0 heterocycles. The molecule has 5 heteroatoms. The number of ketones is 1. The maximum Gasteiger partial charge on any atom is 0.227 e. The zero-order valence-corrected chi connectivity index (χ0v) is 16.4. The SMILES string of the molecule is COc1ccc(C(=O)CSc2ccc(NC(=O)C3CCCCC3)cc2)cc1. The lowest BCUT2D eigenvalue weighted by Gasteiger charge is -2.20. The number of anilines is 1. The first kappa shape index (κ1) is 19.5. The molecule has 0 spiro atoms. The van der Waals surface area contributed by atoms with Gasteiger partial charge in [0, 0.05) is 22.1 Å². The number of Topliss-reactive ketones (excluding diaryl/α,β-unsaturated/α-hetero) is 1. The summed E-state index contributed by atoms with van der Waals surface area (Å²) in [6, 6.07) is 14.9. The Balaban J connectivity index is 1.49. The third-order valence-electron chi connectivity index (χ3n) is 4.88. The Morgan fingerprint density at radius 3 is 2.30 bits per heavy atom. The number of ether oxygens (including phenoxy) is 1. The largest absolute Gasteiger partial charge is 0.497 e. The van der Waals surface area contributed by atoms with Crippen molar-refractivity contribution >= 4 is 29.1 Å². The number of hydrogen-bond donors (Lipinski definition) is 1. The van der Waals surface area contributed by atoms with Gasteiger partial charge >= 0.3 is 0 Å². The van der Waals surface area contributed by atoms with Crippen LogP contribution in [0.25, 0.3) is 0 Å². The van der Waals surface area contributed by atoms with Crippen LogP contribution in [0.3, 0.4) is 0 Å². The molecule has 0 saturated heterocycles. The summed E-state index contributed by atoms with van der Waals surface area (Å²) in [7, 11) is 1.61. The highest BCUT2D eigenvalue weighted by Gasteiger charge is 2.20. The van der Waals surface area contributed by atoms with Gasteiger partial charge in [-0.05, 0) is 61.4 Å². The fraction of sp³-hybridized carbons (Fsp3) is 0.364. The second kappa shape index (κ2) is 9.60. The second-order valence-corrected chi connectivity index (χ2v) is 7.84. The molecule has 27 heavy (non-hydrogen) atoms. The molecule has 3 rings (SSSR count). The van der Waals surface area contributed by atoms with E-state index in [4.69, 9.17) is 4.74 Å². The Morgan fingerprint density at radius 1 is 1.00 bits per heavy atom. The molecule has 1 amide bonds. The van der Waals surface area contributed by atoms with Gasteiger partial charge in [-0.15, -0.1) is 11.8 Å². The summed E-state index contributed by atoms with van der Waals surface area (Å²) >= 11 is 1.50. The molecule has 1 aliphatic rings. The van der Waals surface area contributed by atoms with Crippen molar-refractivity contribution < 1.29 is 14.3 Å². The summed E-state index contributed by atoms with van der Waals surface area (Å²) in [5.74, 6) is 1.47. The van der Waals surface area contributed by atoms with Gasteiger partial charge in [0.1, 0.15) is 5.75 Å². The number of thioether (sulfide) groups is 1. The fourth-order valence-corrected chi connectivity index (χ4v) is 4.05. The molecule has 0 unspecified atom stereocenters. The van der Waals surface area contributed by atoms with Gasteiger partial charge in [-0.25, -0.2) is 0 Å². The molecular formula is C22H25NO3S. The quantitative estimate of drug-likeness (QED) is 0.528. The molecule has 142 valence electrons. The Morgan fingerprint density at radius 2 is 1.67 bits per heavy atom. The van der Waals surface area contributed by atoms with E-state index < -0.39 is 0 Å². The monoisotopic (exact) mass is 383 g/mol. The van der Waals surface area contributed by atoms with Crippen molar-refractivity contribution in [3.05, 3.63) is 54.1 Å². The van der Waals surface area contributed by atoms with Crippen LogP contribution in [-0.2, 0) is 4.79 Å². The smallest absolute Gasteiger partial charge is 0.227 e. The number of hydrogen-bond acceptors (Lipinski definition) is 4. The van der Waals surface area contributed by atoms with Gasteiger partial charge in [-0.3, -0.25) is 9.59 Å². The molecule has 1 saturated carbocycles. The maximum absolute atomic E-state index is 12.3. The van der Waals surface area contributed by atoms with Crippen LogP contribution in [0.15, 0.2) is 53.4 Å². The van der Waals surface area contributed by atoms with Gasteiger partial charge in [-0.2, -0.15) is 0 Å². The van der Waals surface area contributed by atoms with Crippen LogP contribution in [0.5, 0.6) is 5.75 Å². The summed E-state index contributed by atoms with van der Waals surface area (Å²) in [4.78, 5) is 25.6. The van der Waals surface area contributed by atoms with E-state index in [-0.39, 0.29) is 17.6 Å². The highest BCUT2D eigenvalue weighted by Crippen LogP contribution is 2.26. The summed E-state index contributed by atoms with van der Waals surface area (Å²) in [6.07, 6.45) is 5.53. The van der Waals surface area contributed by atoms with Crippen LogP contribution in [0, 0.1) is 5.92 Å². The first-order chi connectivity index (χ1) is 13.2. The number of carbonyl (C=O) groups excluding carboxylic acids is 2. The molecule has 0 aliphatic heterocycles.